The maximum atomic E-state index is 12.2. The summed E-state index contributed by atoms with van der Waals surface area (Å²) >= 11 is 0. The average molecular weight is 378 g/mol. The molecule has 0 atom stereocenters. The Morgan fingerprint density at radius 1 is 1.11 bits per heavy atom. The number of carbonyl (C=O) groups is 1. The monoisotopic (exact) mass is 378 g/mol. The normalized spacial score (nSPS) is 19.6. The summed E-state index contributed by atoms with van der Waals surface area (Å²) in [5, 5.41) is 0.802. The van der Waals surface area contributed by atoms with E-state index < -0.39 is 5.91 Å². The average Bonchev–Trinajstić information content (AvgIpc) is 3.03. The van der Waals surface area contributed by atoms with Gasteiger partial charge < -0.3 is 20.6 Å². The summed E-state index contributed by atoms with van der Waals surface area (Å²) in [6.45, 7) is 2.25. The highest BCUT2D eigenvalue weighted by Crippen LogP contribution is 2.44. The molecule has 0 saturated heterocycles. The zero-order valence-electron chi connectivity index (χ0n) is 16.1. The van der Waals surface area contributed by atoms with Crippen molar-refractivity contribution in [3.8, 4) is 5.75 Å². The van der Waals surface area contributed by atoms with Crippen molar-refractivity contribution in [3.05, 3.63) is 64.9 Å². The van der Waals surface area contributed by atoms with E-state index in [0.29, 0.717) is 23.5 Å². The second kappa shape index (κ2) is 7.68. The molecule has 1 aromatic heterocycles. The summed E-state index contributed by atoms with van der Waals surface area (Å²) < 4.78 is 12.1. The third kappa shape index (κ3) is 3.50. The molecule has 5 nitrogen and oxygen atoms in total. The van der Waals surface area contributed by atoms with Crippen LogP contribution < -0.4 is 16.2 Å². The van der Waals surface area contributed by atoms with Crippen molar-refractivity contribution < 1.29 is 13.9 Å². The van der Waals surface area contributed by atoms with Crippen LogP contribution in [0, 0.1) is 6.92 Å². The fourth-order valence-electron chi connectivity index (χ4n) is 4.29. The van der Waals surface area contributed by atoms with Crippen LogP contribution in [0.25, 0.3) is 11.0 Å². The molecule has 1 saturated carbocycles. The number of aryl methyl sites for hydroxylation is 1. The molecule has 0 bridgehead atoms. The van der Waals surface area contributed by atoms with Gasteiger partial charge in [-0.2, -0.15) is 0 Å². The van der Waals surface area contributed by atoms with Gasteiger partial charge in [0.05, 0.1) is 5.56 Å². The molecule has 1 fully saturated rings. The summed E-state index contributed by atoms with van der Waals surface area (Å²) in [7, 11) is 0. The molecular formula is C23H26N2O3. The lowest BCUT2D eigenvalue weighted by atomic mass is 9.80. The Hall–Kier alpha value is -2.79. The Kier molecular flexibility index (Phi) is 5.09. The van der Waals surface area contributed by atoms with Crippen LogP contribution in [0.4, 0.5) is 0 Å². The zero-order valence-corrected chi connectivity index (χ0v) is 16.1. The molecule has 0 unspecified atom stereocenters. The molecule has 0 spiro atoms. The largest absolute Gasteiger partial charge is 0.489 e. The smallest absolute Gasteiger partial charge is 0.252 e. The highest BCUT2D eigenvalue weighted by molar-refractivity contribution is 6.08. The first-order valence-electron chi connectivity index (χ1n) is 9.82. The number of fused-ring (bicyclic) bond motifs is 1. The number of benzene rings is 2. The number of hydrogen-bond acceptors (Lipinski definition) is 4. The number of furan rings is 1. The van der Waals surface area contributed by atoms with Gasteiger partial charge in [0.25, 0.3) is 5.91 Å². The van der Waals surface area contributed by atoms with Gasteiger partial charge in [-0.05, 0) is 56.2 Å². The Balaban J connectivity index is 1.80. The first-order valence-corrected chi connectivity index (χ1v) is 9.82. The van der Waals surface area contributed by atoms with Crippen LogP contribution in [-0.4, -0.2) is 11.9 Å². The standard InChI is InChI=1S/C23H26N2O3/c1-14-20(23(25)26)22-19(28-14)12-11-18(27-13-15-5-3-2-4-6-15)21(22)16-7-9-17(24)10-8-16/h2-6,11-12,16-17H,7-10,13,24H2,1H3,(H2,25,26)/t16-,17-. The lowest BCUT2D eigenvalue weighted by Gasteiger charge is -2.28. The minimum atomic E-state index is -0.467. The van der Waals surface area contributed by atoms with Crippen molar-refractivity contribution in [3.63, 3.8) is 0 Å². The van der Waals surface area contributed by atoms with E-state index in [4.69, 9.17) is 20.6 Å². The number of rotatable bonds is 5. The van der Waals surface area contributed by atoms with Crippen molar-refractivity contribution in [1.29, 1.82) is 0 Å². The molecule has 3 aromatic rings. The van der Waals surface area contributed by atoms with Gasteiger partial charge in [-0.3, -0.25) is 4.79 Å². The quantitative estimate of drug-likeness (QED) is 0.688. The minimum Gasteiger partial charge on any atom is -0.489 e. The van der Waals surface area contributed by atoms with Crippen LogP contribution in [0.1, 0.15) is 58.8 Å². The molecule has 28 heavy (non-hydrogen) atoms. The topological polar surface area (TPSA) is 91.5 Å². The second-order valence-corrected chi connectivity index (χ2v) is 7.63. The molecule has 0 aliphatic heterocycles. The maximum absolute atomic E-state index is 12.2. The van der Waals surface area contributed by atoms with Gasteiger partial charge in [-0.25, -0.2) is 0 Å². The van der Waals surface area contributed by atoms with E-state index in [9.17, 15) is 4.79 Å². The van der Waals surface area contributed by atoms with E-state index >= 15 is 0 Å². The van der Waals surface area contributed by atoms with Gasteiger partial charge in [-0.15, -0.1) is 0 Å². The fourth-order valence-corrected chi connectivity index (χ4v) is 4.29. The van der Waals surface area contributed by atoms with Crippen LogP contribution in [0.2, 0.25) is 0 Å². The zero-order chi connectivity index (χ0) is 19.7. The van der Waals surface area contributed by atoms with Crippen LogP contribution in [-0.2, 0) is 6.61 Å². The summed E-state index contributed by atoms with van der Waals surface area (Å²) in [5.74, 6) is 1.14. The van der Waals surface area contributed by atoms with Gasteiger partial charge in [0.1, 0.15) is 23.7 Å². The molecular weight excluding hydrogens is 352 g/mol. The highest BCUT2D eigenvalue weighted by Gasteiger charge is 2.29. The molecule has 1 heterocycles. The van der Waals surface area contributed by atoms with E-state index in [1.54, 1.807) is 6.92 Å². The third-order valence-electron chi connectivity index (χ3n) is 5.70. The van der Waals surface area contributed by atoms with Gasteiger partial charge in [0.15, 0.2) is 0 Å². The van der Waals surface area contributed by atoms with Crippen LogP contribution in [0.15, 0.2) is 46.9 Å². The van der Waals surface area contributed by atoms with Crippen molar-refractivity contribution in [2.24, 2.45) is 11.5 Å². The van der Waals surface area contributed by atoms with Gasteiger partial charge in [-0.1, -0.05) is 30.3 Å². The Labute approximate surface area is 164 Å². The predicted molar refractivity (Wildman–Crippen MR) is 109 cm³/mol. The predicted octanol–water partition coefficient (Wildman–Crippen LogP) is 4.40. The summed E-state index contributed by atoms with van der Waals surface area (Å²) in [5.41, 5.74) is 15.1. The van der Waals surface area contributed by atoms with Crippen molar-refractivity contribution in [2.45, 2.75) is 51.2 Å². The molecule has 1 amide bonds. The number of primary amides is 1. The summed E-state index contributed by atoms with van der Waals surface area (Å²) in [6.07, 6.45) is 3.85. The number of ether oxygens (including phenoxy) is 1. The molecule has 1 aliphatic rings. The minimum absolute atomic E-state index is 0.242. The molecule has 0 radical (unpaired) electrons. The number of nitrogens with two attached hydrogens (primary N) is 2. The number of carbonyl (C=O) groups excluding carboxylic acids is 1. The molecule has 1 aliphatic carbocycles. The summed E-state index contributed by atoms with van der Waals surface area (Å²) in [6, 6.07) is 14.1. The van der Waals surface area contributed by atoms with Gasteiger partial charge in [0, 0.05) is 17.0 Å². The van der Waals surface area contributed by atoms with Crippen LogP contribution in [0.3, 0.4) is 0 Å². The van der Waals surface area contributed by atoms with E-state index in [-0.39, 0.29) is 12.0 Å². The Bertz CT molecular complexity index is 986. The SMILES string of the molecule is Cc1oc2ccc(OCc3ccccc3)c([C@H]3CC[C@H](N)CC3)c2c1C(N)=O. The van der Waals surface area contributed by atoms with E-state index in [1.165, 1.54) is 0 Å². The van der Waals surface area contributed by atoms with E-state index in [2.05, 4.69) is 0 Å². The molecule has 4 N–H and O–H groups in total. The first kappa shape index (κ1) is 18.6. The fraction of sp³-hybridized carbons (Fsp3) is 0.348. The third-order valence-corrected chi connectivity index (χ3v) is 5.70. The van der Waals surface area contributed by atoms with Crippen molar-refractivity contribution >= 4 is 16.9 Å². The highest BCUT2D eigenvalue weighted by atomic mass is 16.5. The lowest BCUT2D eigenvalue weighted by molar-refractivity contribution is 0.1000. The van der Waals surface area contributed by atoms with Crippen molar-refractivity contribution in [1.82, 2.24) is 0 Å². The second-order valence-electron chi connectivity index (χ2n) is 7.63. The molecule has 146 valence electrons. The summed E-state index contributed by atoms with van der Waals surface area (Å²) in [4.78, 5) is 12.2. The van der Waals surface area contributed by atoms with Crippen LogP contribution >= 0.6 is 0 Å². The Morgan fingerprint density at radius 3 is 2.50 bits per heavy atom. The Morgan fingerprint density at radius 2 is 1.82 bits per heavy atom. The first-order chi connectivity index (χ1) is 13.5. The molecule has 5 heteroatoms. The lowest BCUT2D eigenvalue weighted by Crippen LogP contribution is -2.26. The number of amides is 1. The van der Waals surface area contributed by atoms with Crippen LogP contribution in [0.5, 0.6) is 5.75 Å². The number of hydrogen-bond donors (Lipinski definition) is 2. The van der Waals surface area contributed by atoms with Gasteiger partial charge in [0.2, 0.25) is 0 Å². The molecule has 2 aromatic carbocycles. The van der Waals surface area contributed by atoms with E-state index in [1.807, 2.05) is 42.5 Å². The van der Waals surface area contributed by atoms with Gasteiger partial charge >= 0.3 is 0 Å². The molecule has 4 rings (SSSR count). The maximum Gasteiger partial charge on any atom is 0.252 e. The van der Waals surface area contributed by atoms with E-state index in [0.717, 1.165) is 47.9 Å². The van der Waals surface area contributed by atoms with Crippen molar-refractivity contribution in [2.75, 3.05) is 0 Å².